The third-order valence-corrected chi connectivity index (χ3v) is 6.22. The topological polar surface area (TPSA) is 94.4 Å². The minimum atomic E-state index is -0.550. The van der Waals surface area contributed by atoms with Crippen LogP contribution in [0.1, 0.15) is 26.8 Å². The summed E-state index contributed by atoms with van der Waals surface area (Å²) in [6.07, 6.45) is 1.47. The van der Waals surface area contributed by atoms with E-state index in [9.17, 15) is 14.0 Å². The molecular weight excluding hydrogens is 471 g/mol. The van der Waals surface area contributed by atoms with E-state index in [0.717, 1.165) is 11.3 Å². The van der Waals surface area contributed by atoms with Crippen LogP contribution in [0.25, 0.3) is 32.6 Å². The van der Waals surface area contributed by atoms with Crippen LogP contribution in [-0.2, 0) is 9.47 Å². The summed E-state index contributed by atoms with van der Waals surface area (Å²) in [4.78, 5) is 32.7. The summed E-state index contributed by atoms with van der Waals surface area (Å²) in [6, 6.07) is 9.50. The summed E-state index contributed by atoms with van der Waals surface area (Å²) in [5.41, 5.74) is 0.372. The quantitative estimate of drug-likeness (QED) is 0.282. The van der Waals surface area contributed by atoms with E-state index in [2.05, 4.69) is 9.97 Å². The van der Waals surface area contributed by atoms with Crippen molar-refractivity contribution < 1.29 is 23.1 Å². The molecule has 10 heteroatoms. The zero-order chi connectivity index (χ0) is 23.5. The van der Waals surface area contributed by atoms with Crippen molar-refractivity contribution in [2.24, 2.45) is 0 Å². The number of esters is 1. The van der Waals surface area contributed by atoms with E-state index in [-0.39, 0.29) is 28.9 Å². The number of benzene rings is 1. The molecule has 1 N–H and O–H groups in total. The monoisotopic (exact) mass is 488 g/mol. The number of aromatic nitrogens is 2. The first-order valence-corrected chi connectivity index (χ1v) is 11.0. The lowest BCUT2D eigenvalue weighted by Crippen LogP contribution is -2.11. The minimum absolute atomic E-state index is 0.102. The van der Waals surface area contributed by atoms with Gasteiger partial charge in [-0.05, 0) is 36.8 Å². The Morgan fingerprint density at radius 2 is 2.06 bits per heavy atom. The molecule has 7 nitrogen and oxygen atoms in total. The Labute approximate surface area is 196 Å². The van der Waals surface area contributed by atoms with E-state index in [1.807, 2.05) is 0 Å². The first-order valence-electron chi connectivity index (χ1n) is 9.81. The molecule has 0 radical (unpaired) electrons. The van der Waals surface area contributed by atoms with Crippen molar-refractivity contribution in [2.75, 3.05) is 20.3 Å². The third-order valence-electron chi connectivity index (χ3n) is 4.77. The van der Waals surface area contributed by atoms with Gasteiger partial charge in [-0.3, -0.25) is 4.79 Å². The summed E-state index contributed by atoms with van der Waals surface area (Å²) < 4.78 is 29.7. The van der Waals surface area contributed by atoms with Gasteiger partial charge in [-0.15, -0.1) is 11.3 Å². The number of ether oxygens (including phenoxy) is 2. The molecule has 0 atom stereocenters. The van der Waals surface area contributed by atoms with Crippen molar-refractivity contribution in [1.29, 1.82) is 0 Å². The Morgan fingerprint density at radius 3 is 2.82 bits per heavy atom. The highest BCUT2D eigenvalue weighted by Gasteiger charge is 2.21. The first kappa shape index (κ1) is 22.9. The highest BCUT2D eigenvalue weighted by atomic mass is 35.5. The number of nitrogens with one attached hydrogen (secondary N) is 1. The van der Waals surface area contributed by atoms with Crippen LogP contribution in [0.5, 0.6) is 0 Å². The van der Waals surface area contributed by atoms with Crippen molar-refractivity contribution in [2.45, 2.75) is 6.92 Å². The Kier molecular flexibility index (Phi) is 6.73. The zero-order valence-electron chi connectivity index (χ0n) is 17.6. The van der Waals surface area contributed by atoms with Crippen LogP contribution in [0, 0.1) is 12.7 Å². The maximum Gasteiger partial charge on any atom is 0.348 e. The second-order valence-corrected chi connectivity index (χ2v) is 8.36. The number of carbonyl (C=O) groups excluding carboxylic acids is 1. The maximum atomic E-state index is 14.0. The fraction of sp³-hybridized carbons (Fsp3) is 0.174. The van der Waals surface area contributed by atoms with Gasteiger partial charge in [0, 0.05) is 13.2 Å². The number of thiophene rings is 1. The zero-order valence-corrected chi connectivity index (χ0v) is 19.2. The van der Waals surface area contributed by atoms with Gasteiger partial charge in [-0.1, -0.05) is 23.7 Å². The van der Waals surface area contributed by atoms with Gasteiger partial charge < -0.3 is 18.9 Å². The predicted octanol–water partition coefficient (Wildman–Crippen LogP) is 5.23. The molecule has 4 aromatic rings. The summed E-state index contributed by atoms with van der Waals surface area (Å²) >= 11 is 7.43. The molecule has 1 aromatic carbocycles. The predicted molar refractivity (Wildman–Crippen MR) is 125 cm³/mol. The number of H-pyrrole nitrogens is 1. The summed E-state index contributed by atoms with van der Waals surface area (Å²) in [5, 5.41) is 0.408. The SMILES string of the molecule is COCCOC(=O)c1sc2nc(/C(Cl)=C/c3ccc(-c4ccccc4F)o3)[nH]c(=O)c2c1C. The van der Waals surface area contributed by atoms with Gasteiger partial charge in [0.05, 0.1) is 22.6 Å². The van der Waals surface area contributed by atoms with Crippen LogP contribution in [0.2, 0.25) is 0 Å². The number of rotatable bonds is 7. The number of methoxy groups -OCH3 is 1. The van der Waals surface area contributed by atoms with Crippen LogP contribution >= 0.6 is 22.9 Å². The smallest absolute Gasteiger partial charge is 0.348 e. The van der Waals surface area contributed by atoms with E-state index >= 15 is 0 Å². The third kappa shape index (κ3) is 4.75. The second-order valence-electron chi connectivity index (χ2n) is 6.95. The molecule has 3 aromatic heterocycles. The van der Waals surface area contributed by atoms with Gasteiger partial charge in [-0.25, -0.2) is 14.2 Å². The Bertz CT molecular complexity index is 1420. The average molecular weight is 489 g/mol. The van der Waals surface area contributed by atoms with Crippen molar-refractivity contribution in [3.63, 3.8) is 0 Å². The molecule has 0 aliphatic carbocycles. The molecule has 0 aliphatic heterocycles. The number of furan rings is 1. The molecule has 0 bridgehead atoms. The normalized spacial score (nSPS) is 11.8. The van der Waals surface area contributed by atoms with E-state index in [1.165, 1.54) is 19.3 Å². The van der Waals surface area contributed by atoms with E-state index in [1.54, 1.807) is 37.3 Å². The molecule has 0 spiro atoms. The van der Waals surface area contributed by atoms with E-state index in [4.69, 9.17) is 25.5 Å². The summed E-state index contributed by atoms with van der Waals surface area (Å²) in [7, 11) is 1.50. The number of halogens is 2. The number of aromatic amines is 1. The molecular formula is C23H18ClFN2O5S. The number of hydrogen-bond acceptors (Lipinski definition) is 7. The molecule has 0 fully saturated rings. The number of carbonyl (C=O) groups is 1. The van der Waals surface area contributed by atoms with E-state index in [0.29, 0.717) is 32.9 Å². The van der Waals surface area contributed by atoms with Gasteiger partial charge in [0.15, 0.2) is 5.82 Å². The summed E-state index contributed by atoms with van der Waals surface area (Å²) in [6.45, 7) is 2.03. The molecule has 0 amide bonds. The van der Waals surface area contributed by atoms with Gasteiger partial charge in [0.1, 0.15) is 33.7 Å². The molecule has 170 valence electrons. The molecule has 3 heterocycles. The van der Waals surface area contributed by atoms with Gasteiger partial charge in [-0.2, -0.15) is 0 Å². The highest BCUT2D eigenvalue weighted by Crippen LogP contribution is 2.30. The van der Waals surface area contributed by atoms with Crippen LogP contribution in [0.15, 0.2) is 45.6 Å². The van der Waals surface area contributed by atoms with Crippen molar-refractivity contribution in [3.8, 4) is 11.3 Å². The largest absolute Gasteiger partial charge is 0.459 e. The molecule has 0 unspecified atom stereocenters. The highest BCUT2D eigenvalue weighted by molar-refractivity contribution is 7.20. The Hall–Kier alpha value is -3.27. The van der Waals surface area contributed by atoms with Crippen LogP contribution in [0.4, 0.5) is 4.39 Å². The van der Waals surface area contributed by atoms with Gasteiger partial charge in [0.25, 0.3) is 5.56 Å². The lowest BCUT2D eigenvalue weighted by molar-refractivity contribution is 0.0393. The lowest BCUT2D eigenvalue weighted by Gasteiger charge is -2.02. The van der Waals surface area contributed by atoms with Crippen molar-refractivity contribution in [3.05, 3.63) is 74.6 Å². The van der Waals surface area contributed by atoms with Gasteiger partial charge >= 0.3 is 5.97 Å². The number of hydrogen-bond donors (Lipinski definition) is 1. The van der Waals surface area contributed by atoms with E-state index < -0.39 is 17.3 Å². The fourth-order valence-corrected chi connectivity index (χ4v) is 4.44. The number of aryl methyl sites for hydroxylation is 1. The molecule has 4 rings (SSSR count). The first-order chi connectivity index (χ1) is 15.9. The fourth-order valence-electron chi connectivity index (χ4n) is 3.16. The average Bonchev–Trinajstić information content (AvgIpc) is 3.38. The molecule has 0 saturated carbocycles. The Morgan fingerprint density at radius 1 is 1.27 bits per heavy atom. The van der Waals surface area contributed by atoms with Gasteiger partial charge in [0.2, 0.25) is 0 Å². The van der Waals surface area contributed by atoms with Crippen LogP contribution in [0.3, 0.4) is 0 Å². The van der Waals surface area contributed by atoms with Crippen molar-refractivity contribution in [1.82, 2.24) is 9.97 Å². The molecule has 0 aliphatic rings. The van der Waals surface area contributed by atoms with Crippen LogP contribution < -0.4 is 5.56 Å². The lowest BCUT2D eigenvalue weighted by atomic mass is 10.1. The summed E-state index contributed by atoms with van der Waals surface area (Å²) in [5.74, 6) is -0.156. The van der Waals surface area contributed by atoms with Crippen molar-refractivity contribution >= 4 is 50.2 Å². The standard InChI is InChI=1S/C23H18ClFN2O5S/c1-12-18-21(28)26-20(27-22(18)33-19(12)23(29)31-10-9-30-2)15(24)11-13-7-8-17(32-13)14-5-3-4-6-16(14)25/h3-8,11H,9-10H2,1-2H3,(H,26,27,28)/b15-11-. The Balaban J connectivity index is 1.65. The maximum absolute atomic E-state index is 14.0. The minimum Gasteiger partial charge on any atom is -0.459 e. The molecule has 0 saturated heterocycles. The number of nitrogens with zero attached hydrogens (tertiary/aromatic N) is 1. The number of fused-ring (bicyclic) bond motifs is 1. The second kappa shape index (κ2) is 9.70. The van der Waals surface area contributed by atoms with Crippen LogP contribution in [-0.4, -0.2) is 36.3 Å². The molecule has 33 heavy (non-hydrogen) atoms.